The van der Waals surface area contributed by atoms with Crippen molar-refractivity contribution in [3.63, 3.8) is 0 Å². The van der Waals surface area contributed by atoms with E-state index in [-0.39, 0.29) is 0 Å². The molecular formula is C15H15N5. The first-order valence-corrected chi connectivity index (χ1v) is 6.49. The molecule has 0 amide bonds. The lowest BCUT2D eigenvalue weighted by atomic mass is 10.1. The van der Waals surface area contributed by atoms with E-state index in [1.807, 2.05) is 37.4 Å². The van der Waals surface area contributed by atoms with Crippen molar-refractivity contribution in [1.29, 1.82) is 0 Å². The predicted molar refractivity (Wildman–Crippen MR) is 80.8 cm³/mol. The molecule has 100 valence electrons. The molecule has 1 aromatic carbocycles. The summed E-state index contributed by atoms with van der Waals surface area (Å²) in [5.41, 5.74) is 6.78. The maximum absolute atomic E-state index is 5.80. The summed E-state index contributed by atoms with van der Waals surface area (Å²) in [5.74, 6) is 1.91. The minimum absolute atomic E-state index is 0.473. The van der Waals surface area contributed by atoms with E-state index >= 15 is 0 Å². The Balaban J connectivity index is 2.03. The quantitative estimate of drug-likeness (QED) is 0.761. The van der Waals surface area contributed by atoms with Gasteiger partial charge in [-0.15, -0.1) is 0 Å². The largest absolute Gasteiger partial charge is 0.384 e. The maximum atomic E-state index is 5.80. The first kappa shape index (κ1) is 12.3. The number of hydrogen-bond acceptors (Lipinski definition) is 5. The normalized spacial score (nSPS) is 10.7. The van der Waals surface area contributed by atoms with Crippen LogP contribution in [0.5, 0.6) is 0 Å². The number of aromatic nitrogens is 3. The average molecular weight is 265 g/mol. The number of nitrogens with zero attached hydrogens (tertiary/aromatic N) is 3. The molecule has 20 heavy (non-hydrogen) atoms. The van der Waals surface area contributed by atoms with Gasteiger partial charge in [-0.3, -0.25) is 4.98 Å². The van der Waals surface area contributed by atoms with Gasteiger partial charge in [-0.1, -0.05) is 19.1 Å². The fraction of sp³-hybridized carbons (Fsp3) is 0.133. The second-order valence-electron chi connectivity index (χ2n) is 4.48. The van der Waals surface area contributed by atoms with Crippen molar-refractivity contribution in [2.45, 2.75) is 13.3 Å². The van der Waals surface area contributed by atoms with Gasteiger partial charge in [0.05, 0.1) is 0 Å². The first-order valence-electron chi connectivity index (χ1n) is 6.49. The molecule has 0 saturated carbocycles. The van der Waals surface area contributed by atoms with Crippen LogP contribution in [0.2, 0.25) is 0 Å². The van der Waals surface area contributed by atoms with Gasteiger partial charge in [-0.2, -0.15) is 0 Å². The zero-order valence-corrected chi connectivity index (χ0v) is 11.2. The molecule has 0 aliphatic rings. The number of pyridine rings is 1. The zero-order valence-electron chi connectivity index (χ0n) is 11.2. The molecule has 5 nitrogen and oxygen atoms in total. The Bertz CT molecular complexity index is 749. The Morgan fingerprint density at radius 1 is 1.20 bits per heavy atom. The Morgan fingerprint density at radius 2 is 2.10 bits per heavy atom. The molecule has 0 aliphatic carbocycles. The van der Waals surface area contributed by atoms with Gasteiger partial charge in [-0.05, 0) is 12.1 Å². The minimum Gasteiger partial charge on any atom is -0.384 e. The number of rotatable bonds is 3. The number of anilines is 3. The average Bonchev–Trinajstić information content (AvgIpc) is 2.47. The van der Waals surface area contributed by atoms with E-state index in [1.54, 1.807) is 12.3 Å². The minimum atomic E-state index is 0.473. The summed E-state index contributed by atoms with van der Waals surface area (Å²) < 4.78 is 0. The molecule has 3 aromatic rings. The monoisotopic (exact) mass is 265 g/mol. The van der Waals surface area contributed by atoms with Gasteiger partial charge in [0.25, 0.3) is 0 Å². The summed E-state index contributed by atoms with van der Waals surface area (Å²) >= 11 is 0. The van der Waals surface area contributed by atoms with Gasteiger partial charge >= 0.3 is 0 Å². The highest BCUT2D eigenvalue weighted by atomic mass is 15.0. The molecule has 0 spiro atoms. The SMILES string of the molecule is CCc1nc(N)cc(Nc2cccc3cnccc23)n1. The van der Waals surface area contributed by atoms with Crippen molar-refractivity contribution >= 4 is 28.1 Å². The Labute approximate surface area is 116 Å². The van der Waals surface area contributed by atoms with Crippen LogP contribution in [0.3, 0.4) is 0 Å². The van der Waals surface area contributed by atoms with Crippen LogP contribution in [-0.4, -0.2) is 15.0 Å². The highest BCUT2D eigenvalue weighted by Gasteiger charge is 2.04. The number of hydrogen-bond donors (Lipinski definition) is 2. The fourth-order valence-electron chi connectivity index (χ4n) is 2.11. The van der Waals surface area contributed by atoms with Crippen LogP contribution in [0.1, 0.15) is 12.7 Å². The molecule has 2 aromatic heterocycles. The number of fused-ring (bicyclic) bond motifs is 1. The molecule has 2 heterocycles. The van der Waals surface area contributed by atoms with E-state index in [1.165, 1.54) is 0 Å². The zero-order chi connectivity index (χ0) is 13.9. The van der Waals surface area contributed by atoms with Crippen LogP contribution in [-0.2, 0) is 6.42 Å². The number of aryl methyl sites for hydroxylation is 1. The third-order valence-corrected chi connectivity index (χ3v) is 3.05. The van der Waals surface area contributed by atoms with Crippen molar-refractivity contribution in [2.75, 3.05) is 11.1 Å². The smallest absolute Gasteiger partial charge is 0.136 e. The molecule has 5 heteroatoms. The molecule has 0 atom stereocenters. The summed E-state index contributed by atoms with van der Waals surface area (Å²) in [6.07, 6.45) is 4.37. The fourth-order valence-corrected chi connectivity index (χ4v) is 2.11. The van der Waals surface area contributed by atoms with Crippen LogP contribution < -0.4 is 11.1 Å². The van der Waals surface area contributed by atoms with Crippen LogP contribution in [0.25, 0.3) is 10.8 Å². The lowest BCUT2D eigenvalue weighted by Gasteiger charge is -2.10. The van der Waals surface area contributed by atoms with Gasteiger partial charge in [0.2, 0.25) is 0 Å². The number of nitrogen functional groups attached to an aromatic ring is 1. The number of benzene rings is 1. The van der Waals surface area contributed by atoms with Crippen LogP contribution in [0, 0.1) is 0 Å². The second-order valence-corrected chi connectivity index (χ2v) is 4.48. The standard InChI is InChI=1S/C15H15N5/c1-2-14-19-13(16)8-15(20-14)18-12-5-3-4-10-9-17-7-6-11(10)12/h3-9H,2H2,1H3,(H3,16,18,19,20). The van der Waals surface area contributed by atoms with Gasteiger partial charge in [0.15, 0.2) is 0 Å². The van der Waals surface area contributed by atoms with E-state index in [4.69, 9.17) is 5.73 Å². The molecule has 0 fully saturated rings. The van der Waals surface area contributed by atoms with Crippen molar-refractivity contribution in [3.05, 3.63) is 48.5 Å². The van der Waals surface area contributed by atoms with E-state index in [0.717, 1.165) is 28.7 Å². The summed E-state index contributed by atoms with van der Waals surface area (Å²) in [6.45, 7) is 2.00. The maximum Gasteiger partial charge on any atom is 0.136 e. The second kappa shape index (κ2) is 5.13. The third-order valence-electron chi connectivity index (χ3n) is 3.05. The molecule has 3 N–H and O–H groups in total. The molecule has 0 bridgehead atoms. The highest BCUT2D eigenvalue weighted by Crippen LogP contribution is 2.25. The van der Waals surface area contributed by atoms with E-state index in [2.05, 4.69) is 20.3 Å². The van der Waals surface area contributed by atoms with E-state index < -0.39 is 0 Å². The van der Waals surface area contributed by atoms with E-state index in [0.29, 0.717) is 11.6 Å². The first-order chi connectivity index (χ1) is 9.76. The summed E-state index contributed by atoms with van der Waals surface area (Å²) in [7, 11) is 0. The van der Waals surface area contributed by atoms with Crippen LogP contribution >= 0.6 is 0 Å². The molecule has 0 saturated heterocycles. The summed E-state index contributed by atoms with van der Waals surface area (Å²) in [4.78, 5) is 12.7. The molecular weight excluding hydrogens is 250 g/mol. The highest BCUT2D eigenvalue weighted by molar-refractivity contribution is 5.94. The van der Waals surface area contributed by atoms with Crippen molar-refractivity contribution in [2.24, 2.45) is 0 Å². The third kappa shape index (κ3) is 2.38. The Kier molecular flexibility index (Phi) is 3.16. The van der Waals surface area contributed by atoms with Crippen molar-refractivity contribution in [1.82, 2.24) is 15.0 Å². The van der Waals surface area contributed by atoms with Gasteiger partial charge in [0, 0.05) is 41.3 Å². The summed E-state index contributed by atoms with van der Waals surface area (Å²) in [6, 6.07) is 9.73. The number of nitrogens with two attached hydrogens (primary N) is 1. The van der Waals surface area contributed by atoms with Crippen molar-refractivity contribution in [3.8, 4) is 0 Å². The summed E-state index contributed by atoms with van der Waals surface area (Å²) in [5, 5.41) is 5.48. The lowest BCUT2D eigenvalue weighted by molar-refractivity contribution is 0.949. The molecule has 0 radical (unpaired) electrons. The van der Waals surface area contributed by atoms with Gasteiger partial charge in [-0.25, -0.2) is 9.97 Å². The van der Waals surface area contributed by atoms with Gasteiger partial charge < -0.3 is 11.1 Å². The van der Waals surface area contributed by atoms with E-state index in [9.17, 15) is 0 Å². The Morgan fingerprint density at radius 3 is 2.95 bits per heavy atom. The molecule has 0 unspecified atom stereocenters. The van der Waals surface area contributed by atoms with Gasteiger partial charge in [0.1, 0.15) is 17.5 Å². The lowest BCUT2D eigenvalue weighted by Crippen LogP contribution is -2.03. The predicted octanol–water partition coefficient (Wildman–Crippen LogP) is 2.91. The van der Waals surface area contributed by atoms with Crippen LogP contribution in [0.4, 0.5) is 17.3 Å². The Hall–Kier alpha value is -2.69. The van der Waals surface area contributed by atoms with Crippen LogP contribution in [0.15, 0.2) is 42.7 Å². The number of nitrogens with one attached hydrogen (secondary N) is 1. The topological polar surface area (TPSA) is 76.7 Å². The molecule has 0 aliphatic heterocycles. The molecule has 3 rings (SSSR count). The van der Waals surface area contributed by atoms with Crippen molar-refractivity contribution < 1.29 is 0 Å².